The third-order valence-electron chi connectivity index (χ3n) is 6.11. The Kier molecular flexibility index (Phi) is 5.22. The van der Waals surface area contributed by atoms with Crippen LogP contribution in [0.1, 0.15) is 91.7 Å². The molecule has 138 valence electrons. The zero-order valence-electron chi connectivity index (χ0n) is 16.8. The molecule has 26 heavy (non-hydrogen) atoms. The molecule has 0 amide bonds. The van der Waals surface area contributed by atoms with Crippen molar-refractivity contribution in [3.05, 3.63) is 63.7 Å². The Hall–Kier alpha value is -2.09. The minimum absolute atomic E-state index is 0.144. The molecule has 0 saturated carbocycles. The van der Waals surface area contributed by atoms with Gasteiger partial charge in [0.05, 0.1) is 0 Å². The minimum atomic E-state index is -0.309. The maximum Gasteiger partial charge on any atom is 0.323 e. The first-order valence-corrected chi connectivity index (χ1v) is 9.83. The van der Waals surface area contributed by atoms with Gasteiger partial charge in [-0.25, -0.2) is 0 Å². The second-order valence-electron chi connectivity index (χ2n) is 7.84. The maximum atomic E-state index is 12.8. The van der Waals surface area contributed by atoms with Gasteiger partial charge in [-0.05, 0) is 66.3 Å². The van der Waals surface area contributed by atoms with Gasteiger partial charge in [0.25, 0.3) is 0 Å². The highest BCUT2D eigenvalue weighted by Gasteiger charge is 2.37. The molecule has 2 aromatic rings. The van der Waals surface area contributed by atoms with Gasteiger partial charge in [-0.2, -0.15) is 0 Å². The average molecular weight is 351 g/mol. The van der Waals surface area contributed by atoms with Crippen LogP contribution in [0.25, 0.3) is 0 Å². The fourth-order valence-electron chi connectivity index (χ4n) is 3.68. The summed E-state index contributed by atoms with van der Waals surface area (Å²) < 4.78 is 5.83. The van der Waals surface area contributed by atoms with E-state index in [1.165, 1.54) is 22.3 Å². The van der Waals surface area contributed by atoms with Crippen LogP contribution < -0.4 is 4.74 Å². The van der Waals surface area contributed by atoms with Crippen molar-refractivity contribution in [2.24, 2.45) is 0 Å². The number of hydrogen-bond donors (Lipinski definition) is 0. The van der Waals surface area contributed by atoms with Gasteiger partial charge in [0.1, 0.15) is 11.7 Å². The van der Waals surface area contributed by atoms with Crippen molar-refractivity contribution >= 4 is 5.97 Å². The van der Waals surface area contributed by atoms with E-state index in [-0.39, 0.29) is 11.9 Å². The molecule has 0 saturated heterocycles. The summed E-state index contributed by atoms with van der Waals surface area (Å²) in [5.41, 5.74) is 7.03. The van der Waals surface area contributed by atoms with Gasteiger partial charge < -0.3 is 4.74 Å². The minimum Gasteiger partial charge on any atom is -0.425 e. The SMILES string of the molecule is CCC(C)c1cc(C(C)CC)c2c(c1)C(c1ccc(C)c(C)c1)C(=O)O2. The van der Waals surface area contributed by atoms with Gasteiger partial charge in [-0.3, -0.25) is 4.79 Å². The molecular formula is C24H30O2. The fraction of sp³-hybridized carbons (Fsp3) is 0.458. The van der Waals surface area contributed by atoms with E-state index in [4.69, 9.17) is 4.74 Å². The Morgan fingerprint density at radius 3 is 2.27 bits per heavy atom. The van der Waals surface area contributed by atoms with Gasteiger partial charge in [-0.15, -0.1) is 0 Å². The molecule has 2 nitrogen and oxygen atoms in total. The molecule has 3 atom stereocenters. The largest absolute Gasteiger partial charge is 0.425 e. The van der Waals surface area contributed by atoms with Crippen molar-refractivity contribution in [2.45, 2.75) is 72.1 Å². The summed E-state index contributed by atoms with van der Waals surface area (Å²) in [5, 5.41) is 0. The van der Waals surface area contributed by atoms with E-state index in [1.54, 1.807) is 0 Å². The quantitative estimate of drug-likeness (QED) is 0.462. The molecule has 1 heterocycles. The lowest BCUT2D eigenvalue weighted by Gasteiger charge is -2.19. The molecule has 0 bridgehead atoms. The summed E-state index contributed by atoms with van der Waals surface area (Å²) in [4.78, 5) is 12.8. The van der Waals surface area contributed by atoms with Crippen LogP contribution in [0.3, 0.4) is 0 Å². The maximum absolute atomic E-state index is 12.8. The smallest absolute Gasteiger partial charge is 0.323 e. The molecule has 0 aliphatic carbocycles. The van der Waals surface area contributed by atoms with Crippen molar-refractivity contribution in [2.75, 3.05) is 0 Å². The number of aryl methyl sites for hydroxylation is 2. The summed E-state index contributed by atoms with van der Waals surface area (Å²) in [6.07, 6.45) is 2.12. The van der Waals surface area contributed by atoms with Crippen LogP contribution in [0.2, 0.25) is 0 Å². The summed E-state index contributed by atoms with van der Waals surface area (Å²) in [7, 11) is 0. The van der Waals surface area contributed by atoms with Crippen LogP contribution in [-0.2, 0) is 4.79 Å². The van der Waals surface area contributed by atoms with E-state index >= 15 is 0 Å². The number of esters is 1. The lowest BCUT2D eigenvalue weighted by Crippen LogP contribution is -2.12. The van der Waals surface area contributed by atoms with E-state index < -0.39 is 0 Å². The van der Waals surface area contributed by atoms with Gasteiger partial charge in [0.15, 0.2) is 0 Å². The van der Waals surface area contributed by atoms with E-state index in [0.717, 1.165) is 29.7 Å². The molecule has 0 N–H and O–H groups in total. The van der Waals surface area contributed by atoms with Crippen LogP contribution >= 0.6 is 0 Å². The molecule has 3 rings (SSSR count). The topological polar surface area (TPSA) is 26.3 Å². The van der Waals surface area contributed by atoms with E-state index in [2.05, 4.69) is 71.9 Å². The molecule has 2 aromatic carbocycles. The third-order valence-corrected chi connectivity index (χ3v) is 6.11. The zero-order valence-corrected chi connectivity index (χ0v) is 16.8. The summed E-state index contributed by atoms with van der Waals surface area (Å²) >= 11 is 0. The average Bonchev–Trinajstić information content (AvgIpc) is 2.97. The van der Waals surface area contributed by atoms with Crippen molar-refractivity contribution in [3.8, 4) is 5.75 Å². The second kappa shape index (κ2) is 7.26. The Balaban J connectivity index is 2.19. The molecule has 0 spiro atoms. The standard InChI is InChI=1S/C24H30O2/c1-7-14(3)19-12-20(15(4)8-2)23-21(13-19)22(24(25)26-23)18-10-9-16(5)17(6)11-18/h9-15,22H,7-8H2,1-6H3. The Morgan fingerprint density at radius 1 is 0.962 bits per heavy atom. The molecular weight excluding hydrogens is 320 g/mol. The number of carbonyl (C=O) groups excluding carboxylic acids is 1. The predicted octanol–water partition coefficient (Wildman–Crippen LogP) is 6.38. The normalized spacial score (nSPS) is 18.4. The Morgan fingerprint density at radius 2 is 1.65 bits per heavy atom. The number of rotatable bonds is 5. The lowest BCUT2D eigenvalue weighted by molar-refractivity contribution is -0.133. The molecule has 0 fully saturated rings. The number of benzene rings is 2. The number of carbonyl (C=O) groups is 1. The van der Waals surface area contributed by atoms with Crippen LogP contribution in [0.15, 0.2) is 30.3 Å². The Labute approximate surface area is 157 Å². The molecule has 0 aromatic heterocycles. The fourth-order valence-corrected chi connectivity index (χ4v) is 3.68. The van der Waals surface area contributed by atoms with Crippen LogP contribution in [-0.4, -0.2) is 5.97 Å². The first-order chi connectivity index (χ1) is 12.4. The van der Waals surface area contributed by atoms with Crippen LogP contribution in [0.5, 0.6) is 5.75 Å². The van der Waals surface area contributed by atoms with E-state index in [0.29, 0.717) is 11.8 Å². The molecule has 2 heteroatoms. The highest BCUT2D eigenvalue weighted by atomic mass is 16.5. The van der Waals surface area contributed by atoms with Gasteiger partial charge in [-0.1, -0.05) is 58.0 Å². The van der Waals surface area contributed by atoms with Crippen LogP contribution in [0, 0.1) is 13.8 Å². The first-order valence-electron chi connectivity index (χ1n) is 9.83. The molecule has 3 unspecified atom stereocenters. The molecule has 1 aliphatic rings. The first kappa shape index (κ1) is 18.7. The van der Waals surface area contributed by atoms with Crippen LogP contribution in [0.4, 0.5) is 0 Å². The third kappa shape index (κ3) is 3.18. The molecule has 0 radical (unpaired) electrons. The zero-order chi connectivity index (χ0) is 19.0. The number of hydrogen-bond acceptors (Lipinski definition) is 2. The Bertz CT molecular complexity index is 834. The highest BCUT2D eigenvalue weighted by Crippen LogP contribution is 2.46. The second-order valence-corrected chi connectivity index (χ2v) is 7.84. The summed E-state index contributed by atoms with van der Waals surface area (Å²) in [6.45, 7) is 13.1. The number of fused-ring (bicyclic) bond motifs is 1. The van der Waals surface area contributed by atoms with Crippen molar-refractivity contribution < 1.29 is 9.53 Å². The summed E-state index contributed by atoms with van der Waals surface area (Å²) in [5.74, 6) is 1.20. The molecule has 1 aliphatic heterocycles. The van der Waals surface area contributed by atoms with Gasteiger partial charge in [0.2, 0.25) is 0 Å². The lowest BCUT2D eigenvalue weighted by atomic mass is 9.84. The predicted molar refractivity (Wildman–Crippen MR) is 107 cm³/mol. The van der Waals surface area contributed by atoms with E-state index in [9.17, 15) is 4.79 Å². The van der Waals surface area contributed by atoms with Crippen molar-refractivity contribution in [1.82, 2.24) is 0 Å². The summed E-state index contributed by atoms with van der Waals surface area (Å²) in [6, 6.07) is 10.8. The number of ether oxygens (including phenoxy) is 1. The van der Waals surface area contributed by atoms with Crippen molar-refractivity contribution in [1.29, 1.82) is 0 Å². The van der Waals surface area contributed by atoms with Gasteiger partial charge >= 0.3 is 5.97 Å². The van der Waals surface area contributed by atoms with Crippen molar-refractivity contribution in [3.63, 3.8) is 0 Å². The monoisotopic (exact) mass is 350 g/mol. The van der Waals surface area contributed by atoms with Gasteiger partial charge in [0, 0.05) is 5.56 Å². The highest BCUT2D eigenvalue weighted by molar-refractivity contribution is 5.90. The van der Waals surface area contributed by atoms with E-state index in [1.807, 2.05) is 0 Å².